The van der Waals surface area contributed by atoms with Crippen LogP contribution in [-0.2, 0) is 4.74 Å². The van der Waals surface area contributed by atoms with Gasteiger partial charge in [0.15, 0.2) is 5.96 Å². The van der Waals surface area contributed by atoms with E-state index in [4.69, 9.17) is 9.73 Å². The minimum Gasteiger partial charge on any atom is -0.373 e. The van der Waals surface area contributed by atoms with Crippen molar-refractivity contribution < 1.29 is 4.74 Å². The first kappa shape index (κ1) is 21.0. The summed E-state index contributed by atoms with van der Waals surface area (Å²) in [6.45, 7) is 10.2. The number of guanidine groups is 1. The summed E-state index contributed by atoms with van der Waals surface area (Å²) in [6, 6.07) is 0.671. The summed E-state index contributed by atoms with van der Waals surface area (Å²) in [5, 5.41) is 6.76. The second-order valence-corrected chi connectivity index (χ2v) is 6.45. The average molecular weight is 438 g/mol. The van der Waals surface area contributed by atoms with E-state index >= 15 is 0 Å². The summed E-state index contributed by atoms with van der Waals surface area (Å²) in [5.41, 5.74) is 0. The third-order valence-electron chi connectivity index (χ3n) is 4.58. The first-order chi connectivity index (χ1) is 10.8. The number of morpholine rings is 1. The highest BCUT2D eigenvalue weighted by Gasteiger charge is 2.31. The molecule has 0 aromatic heterocycles. The summed E-state index contributed by atoms with van der Waals surface area (Å²) < 4.78 is 5.97. The van der Waals surface area contributed by atoms with Crippen LogP contribution < -0.4 is 10.6 Å². The van der Waals surface area contributed by atoms with Gasteiger partial charge in [-0.2, -0.15) is 0 Å². The molecule has 2 fully saturated rings. The monoisotopic (exact) mass is 438 g/mol. The predicted molar refractivity (Wildman–Crippen MR) is 108 cm³/mol. The molecule has 0 saturated carbocycles. The molecule has 2 N–H and O–H groups in total. The number of unbranched alkanes of at least 4 members (excludes halogenated alkanes) is 3. The second kappa shape index (κ2) is 12.3. The highest BCUT2D eigenvalue weighted by Crippen LogP contribution is 2.22. The minimum absolute atomic E-state index is 0. The molecular weight excluding hydrogens is 403 g/mol. The van der Waals surface area contributed by atoms with E-state index in [1.165, 1.54) is 45.1 Å². The number of hydrogen-bond acceptors (Lipinski definition) is 3. The van der Waals surface area contributed by atoms with Crippen LogP contribution >= 0.6 is 24.0 Å². The van der Waals surface area contributed by atoms with E-state index in [0.29, 0.717) is 6.04 Å². The molecule has 0 aromatic rings. The Labute approximate surface area is 159 Å². The summed E-state index contributed by atoms with van der Waals surface area (Å²) >= 11 is 0. The Morgan fingerprint density at radius 3 is 2.87 bits per heavy atom. The zero-order valence-corrected chi connectivity index (χ0v) is 17.2. The zero-order chi connectivity index (χ0) is 15.6. The number of halogens is 1. The van der Waals surface area contributed by atoms with Crippen molar-refractivity contribution in [2.45, 2.75) is 64.5 Å². The second-order valence-electron chi connectivity index (χ2n) is 6.45. The lowest BCUT2D eigenvalue weighted by Crippen LogP contribution is -2.47. The third kappa shape index (κ3) is 7.56. The van der Waals surface area contributed by atoms with Crippen LogP contribution in [-0.4, -0.2) is 62.3 Å². The smallest absolute Gasteiger partial charge is 0.191 e. The minimum atomic E-state index is 0. The van der Waals surface area contributed by atoms with Crippen molar-refractivity contribution in [3.05, 3.63) is 0 Å². The van der Waals surface area contributed by atoms with Crippen molar-refractivity contribution in [2.24, 2.45) is 4.99 Å². The highest BCUT2D eigenvalue weighted by atomic mass is 127. The quantitative estimate of drug-likeness (QED) is 0.265. The van der Waals surface area contributed by atoms with Gasteiger partial charge in [-0.3, -0.25) is 9.89 Å². The maximum atomic E-state index is 5.97. The fraction of sp³-hybridized carbons (Fsp3) is 0.941. The Morgan fingerprint density at radius 1 is 1.22 bits per heavy atom. The average Bonchev–Trinajstić information content (AvgIpc) is 3.00. The van der Waals surface area contributed by atoms with E-state index in [-0.39, 0.29) is 30.1 Å². The van der Waals surface area contributed by atoms with Gasteiger partial charge in [0.2, 0.25) is 0 Å². The van der Waals surface area contributed by atoms with Crippen LogP contribution in [0.25, 0.3) is 0 Å². The molecule has 2 heterocycles. The van der Waals surface area contributed by atoms with E-state index in [0.717, 1.165) is 38.7 Å². The lowest BCUT2D eigenvalue weighted by molar-refractivity contribution is -0.0432. The molecule has 23 heavy (non-hydrogen) atoms. The molecule has 2 aliphatic rings. The largest absolute Gasteiger partial charge is 0.373 e. The number of rotatable bonds is 8. The van der Waals surface area contributed by atoms with Crippen molar-refractivity contribution >= 4 is 29.9 Å². The first-order valence-electron chi connectivity index (χ1n) is 9.21. The number of nitrogens with zero attached hydrogens (tertiary/aromatic N) is 2. The molecule has 2 atom stereocenters. The summed E-state index contributed by atoms with van der Waals surface area (Å²) in [6.07, 6.45) is 8.00. The summed E-state index contributed by atoms with van der Waals surface area (Å²) in [7, 11) is 0. The number of ether oxygens (including phenoxy) is 1. The third-order valence-corrected chi connectivity index (χ3v) is 4.58. The first-order valence-corrected chi connectivity index (χ1v) is 9.21. The molecule has 2 aliphatic heterocycles. The van der Waals surface area contributed by atoms with Crippen LogP contribution in [0.4, 0.5) is 0 Å². The van der Waals surface area contributed by atoms with E-state index < -0.39 is 0 Å². The molecule has 0 aromatic carbocycles. The van der Waals surface area contributed by atoms with Crippen molar-refractivity contribution in [2.75, 3.05) is 39.3 Å². The number of fused-ring (bicyclic) bond motifs is 1. The predicted octanol–water partition coefficient (Wildman–Crippen LogP) is 2.60. The van der Waals surface area contributed by atoms with Gasteiger partial charge in [0.1, 0.15) is 0 Å². The fourth-order valence-corrected chi connectivity index (χ4v) is 3.29. The van der Waals surface area contributed by atoms with E-state index in [1.54, 1.807) is 0 Å². The summed E-state index contributed by atoms with van der Waals surface area (Å²) in [5.74, 6) is 0.936. The molecule has 2 saturated heterocycles. The maximum Gasteiger partial charge on any atom is 0.191 e. The van der Waals surface area contributed by atoms with Crippen molar-refractivity contribution in [3.8, 4) is 0 Å². The van der Waals surface area contributed by atoms with Gasteiger partial charge in [-0.25, -0.2) is 0 Å². The van der Waals surface area contributed by atoms with Gasteiger partial charge in [-0.15, -0.1) is 24.0 Å². The lowest BCUT2D eigenvalue weighted by Gasteiger charge is -2.34. The molecule has 136 valence electrons. The molecular formula is C17H35IN4O. The Morgan fingerprint density at radius 2 is 2.09 bits per heavy atom. The van der Waals surface area contributed by atoms with Crippen molar-refractivity contribution in [1.82, 2.24) is 15.5 Å². The number of aliphatic imine (C=N–C) groups is 1. The van der Waals surface area contributed by atoms with Crippen LogP contribution in [0, 0.1) is 0 Å². The van der Waals surface area contributed by atoms with Crippen LogP contribution in [0.1, 0.15) is 52.4 Å². The Bertz CT molecular complexity index is 341. The molecule has 0 aliphatic carbocycles. The molecule has 0 spiro atoms. The Kier molecular flexibility index (Phi) is 11.2. The van der Waals surface area contributed by atoms with Crippen molar-refractivity contribution in [3.63, 3.8) is 0 Å². The highest BCUT2D eigenvalue weighted by molar-refractivity contribution is 14.0. The topological polar surface area (TPSA) is 48.9 Å². The summed E-state index contributed by atoms with van der Waals surface area (Å²) in [4.78, 5) is 7.29. The van der Waals surface area contributed by atoms with Crippen LogP contribution in [0.15, 0.2) is 4.99 Å². The number of nitrogens with one attached hydrogen (secondary N) is 2. The lowest BCUT2D eigenvalue weighted by atomic mass is 10.2. The van der Waals surface area contributed by atoms with E-state index in [9.17, 15) is 0 Å². The fourth-order valence-electron chi connectivity index (χ4n) is 3.29. The van der Waals surface area contributed by atoms with Crippen LogP contribution in [0.5, 0.6) is 0 Å². The molecule has 5 nitrogen and oxygen atoms in total. The normalized spacial score (nSPS) is 24.9. The zero-order valence-electron chi connectivity index (χ0n) is 14.9. The molecule has 0 bridgehead atoms. The van der Waals surface area contributed by atoms with Gasteiger partial charge < -0.3 is 15.4 Å². The van der Waals surface area contributed by atoms with E-state index in [2.05, 4.69) is 29.4 Å². The SMILES string of the molecule is CCCCCCNC(=NCC1CN2CCCC2CO1)NCC.I. The van der Waals surface area contributed by atoms with Gasteiger partial charge in [0.05, 0.1) is 19.3 Å². The van der Waals surface area contributed by atoms with Gasteiger partial charge in [0, 0.05) is 25.7 Å². The molecule has 2 rings (SSSR count). The molecule has 0 radical (unpaired) electrons. The van der Waals surface area contributed by atoms with Crippen LogP contribution in [0.3, 0.4) is 0 Å². The van der Waals surface area contributed by atoms with Gasteiger partial charge in [-0.1, -0.05) is 26.2 Å². The maximum absolute atomic E-state index is 5.97. The molecule has 2 unspecified atom stereocenters. The van der Waals surface area contributed by atoms with Gasteiger partial charge >= 0.3 is 0 Å². The standard InChI is InChI=1S/C17H34N4O.HI/c1-3-5-6-7-10-19-17(18-4-2)20-12-16-13-21-11-8-9-15(21)14-22-16;/h15-16H,3-14H2,1-2H3,(H2,18,19,20);1H. The van der Waals surface area contributed by atoms with Crippen molar-refractivity contribution in [1.29, 1.82) is 0 Å². The Hall–Kier alpha value is -0.0800. The Balaban J connectivity index is 0.00000264. The molecule has 6 heteroatoms. The van der Waals surface area contributed by atoms with Gasteiger partial charge in [-0.05, 0) is 32.7 Å². The number of hydrogen-bond donors (Lipinski definition) is 2. The van der Waals surface area contributed by atoms with Crippen LogP contribution in [0.2, 0.25) is 0 Å². The molecule has 0 amide bonds. The van der Waals surface area contributed by atoms with E-state index in [1.807, 2.05) is 0 Å². The van der Waals surface area contributed by atoms with Gasteiger partial charge in [0.25, 0.3) is 0 Å².